The third-order valence-electron chi connectivity index (χ3n) is 4.38. The third-order valence-corrected chi connectivity index (χ3v) is 6.30. The highest BCUT2D eigenvalue weighted by Crippen LogP contribution is 2.31. The standard InChI is InChI=1S/C18H20N2O3S/c19-18(21)15-9-6-12-20(13-15)24(22,23)17-11-5-4-10-16(17)14-7-2-1-3-8-14/h1-5,7-8,10-11,15H,6,9,12-13H2,(H2,19,21)/t15-/m0/s1. The summed E-state index contributed by atoms with van der Waals surface area (Å²) >= 11 is 0. The van der Waals surface area contributed by atoms with Crippen molar-refractivity contribution in [3.05, 3.63) is 54.6 Å². The summed E-state index contributed by atoms with van der Waals surface area (Å²) in [5, 5.41) is 0. The van der Waals surface area contributed by atoms with E-state index in [9.17, 15) is 13.2 Å². The molecule has 1 fully saturated rings. The van der Waals surface area contributed by atoms with Gasteiger partial charge in [0, 0.05) is 18.7 Å². The lowest BCUT2D eigenvalue weighted by Gasteiger charge is -2.30. The van der Waals surface area contributed by atoms with E-state index in [4.69, 9.17) is 5.73 Å². The highest BCUT2D eigenvalue weighted by molar-refractivity contribution is 7.89. The van der Waals surface area contributed by atoms with Crippen LogP contribution in [0.15, 0.2) is 59.5 Å². The van der Waals surface area contributed by atoms with Crippen molar-refractivity contribution in [2.24, 2.45) is 11.7 Å². The predicted molar refractivity (Wildman–Crippen MR) is 92.6 cm³/mol. The molecule has 0 bridgehead atoms. The lowest BCUT2D eigenvalue weighted by molar-refractivity contribution is -0.122. The molecule has 0 radical (unpaired) electrons. The van der Waals surface area contributed by atoms with Crippen LogP contribution < -0.4 is 5.73 Å². The number of rotatable bonds is 4. The van der Waals surface area contributed by atoms with Crippen LogP contribution in [0.4, 0.5) is 0 Å². The smallest absolute Gasteiger partial charge is 0.243 e. The van der Waals surface area contributed by atoms with Crippen LogP contribution in [0, 0.1) is 5.92 Å². The zero-order chi connectivity index (χ0) is 17.2. The van der Waals surface area contributed by atoms with Gasteiger partial charge in [0.15, 0.2) is 0 Å². The van der Waals surface area contributed by atoms with E-state index in [0.29, 0.717) is 24.9 Å². The molecule has 24 heavy (non-hydrogen) atoms. The first-order valence-corrected chi connectivity index (χ1v) is 9.38. The van der Waals surface area contributed by atoms with Crippen molar-refractivity contribution in [3.8, 4) is 11.1 Å². The number of benzene rings is 2. The minimum Gasteiger partial charge on any atom is -0.369 e. The SMILES string of the molecule is NC(=O)[C@H]1CCCN(S(=O)(=O)c2ccccc2-c2ccccc2)C1. The second kappa shape index (κ2) is 6.75. The number of primary amides is 1. The summed E-state index contributed by atoms with van der Waals surface area (Å²) < 4.78 is 27.6. The van der Waals surface area contributed by atoms with Gasteiger partial charge in [-0.15, -0.1) is 0 Å². The van der Waals surface area contributed by atoms with E-state index in [1.807, 2.05) is 36.4 Å². The Morgan fingerprint density at radius 1 is 1.04 bits per heavy atom. The van der Waals surface area contributed by atoms with Crippen molar-refractivity contribution in [1.82, 2.24) is 4.31 Å². The summed E-state index contributed by atoms with van der Waals surface area (Å²) in [5.74, 6) is -0.858. The van der Waals surface area contributed by atoms with Gasteiger partial charge in [0.2, 0.25) is 15.9 Å². The van der Waals surface area contributed by atoms with Gasteiger partial charge in [0.25, 0.3) is 0 Å². The molecule has 0 spiro atoms. The Morgan fingerprint density at radius 3 is 2.42 bits per heavy atom. The molecule has 3 rings (SSSR count). The zero-order valence-corrected chi connectivity index (χ0v) is 14.1. The predicted octanol–water partition coefficient (Wildman–Crippen LogP) is 2.24. The van der Waals surface area contributed by atoms with Gasteiger partial charge in [-0.25, -0.2) is 8.42 Å². The number of nitrogens with two attached hydrogens (primary N) is 1. The van der Waals surface area contributed by atoms with Gasteiger partial charge in [-0.3, -0.25) is 4.79 Å². The maximum Gasteiger partial charge on any atom is 0.243 e. The molecule has 0 saturated carbocycles. The Kier molecular flexibility index (Phi) is 4.69. The quantitative estimate of drug-likeness (QED) is 0.923. The molecule has 6 heteroatoms. The molecule has 1 heterocycles. The number of hydrogen-bond acceptors (Lipinski definition) is 3. The summed E-state index contributed by atoms with van der Waals surface area (Å²) in [6, 6.07) is 16.4. The molecule has 1 saturated heterocycles. The summed E-state index contributed by atoms with van der Waals surface area (Å²) in [6.07, 6.45) is 1.28. The van der Waals surface area contributed by atoms with Crippen LogP contribution in [0.25, 0.3) is 11.1 Å². The Bertz CT molecular complexity index is 834. The molecule has 1 atom stereocenters. The second-order valence-electron chi connectivity index (χ2n) is 5.97. The first-order chi connectivity index (χ1) is 11.5. The van der Waals surface area contributed by atoms with Gasteiger partial charge in [-0.05, 0) is 24.5 Å². The molecular formula is C18H20N2O3S. The molecule has 0 aromatic heterocycles. The summed E-state index contributed by atoms with van der Waals surface area (Å²) in [6.45, 7) is 0.566. The van der Waals surface area contributed by atoms with Crippen LogP contribution in [0.2, 0.25) is 0 Å². The van der Waals surface area contributed by atoms with Crippen LogP contribution in [0.3, 0.4) is 0 Å². The summed E-state index contributed by atoms with van der Waals surface area (Å²) in [5.41, 5.74) is 6.89. The monoisotopic (exact) mass is 344 g/mol. The van der Waals surface area contributed by atoms with Crippen LogP contribution >= 0.6 is 0 Å². The molecule has 5 nitrogen and oxygen atoms in total. The average molecular weight is 344 g/mol. The average Bonchev–Trinajstić information content (AvgIpc) is 2.62. The topological polar surface area (TPSA) is 80.5 Å². The van der Waals surface area contributed by atoms with Gasteiger partial charge in [0.05, 0.1) is 10.8 Å². The van der Waals surface area contributed by atoms with E-state index in [1.54, 1.807) is 18.2 Å². The second-order valence-corrected chi connectivity index (χ2v) is 7.87. The maximum atomic E-state index is 13.1. The fraction of sp³-hybridized carbons (Fsp3) is 0.278. The first-order valence-electron chi connectivity index (χ1n) is 7.94. The highest BCUT2D eigenvalue weighted by atomic mass is 32.2. The normalized spacial score (nSPS) is 19.1. The Morgan fingerprint density at radius 2 is 1.71 bits per heavy atom. The van der Waals surface area contributed by atoms with Crippen molar-refractivity contribution >= 4 is 15.9 Å². The molecule has 2 aromatic carbocycles. The van der Waals surface area contributed by atoms with Crippen molar-refractivity contribution in [2.75, 3.05) is 13.1 Å². The van der Waals surface area contributed by atoms with Crippen LogP contribution in [0.5, 0.6) is 0 Å². The molecule has 0 aliphatic carbocycles. The van der Waals surface area contributed by atoms with Crippen molar-refractivity contribution in [3.63, 3.8) is 0 Å². The Hall–Kier alpha value is -2.18. The number of nitrogens with zero attached hydrogens (tertiary/aromatic N) is 1. The number of hydrogen-bond donors (Lipinski definition) is 1. The maximum absolute atomic E-state index is 13.1. The first kappa shape index (κ1) is 16.7. The van der Waals surface area contributed by atoms with E-state index < -0.39 is 21.8 Å². The van der Waals surface area contributed by atoms with E-state index in [0.717, 1.165) is 5.56 Å². The minimum absolute atomic E-state index is 0.154. The summed E-state index contributed by atoms with van der Waals surface area (Å²) in [4.78, 5) is 11.7. The molecule has 1 aliphatic rings. The lowest BCUT2D eigenvalue weighted by Crippen LogP contribution is -2.44. The number of piperidine rings is 1. The van der Waals surface area contributed by atoms with Crippen LogP contribution in [0.1, 0.15) is 12.8 Å². The largest absolute Gasteiger partial charge is 0.369 e. The molecular weight excluding hydrogens is 324 g/mol. The molecule has 126 valence electrons. The Labute approximate surface area is 142 Å². The minimum atomic E-state index is -3.68. The zero-order valence-electron chi connectivity index (χ0n) is 13.3. The van der Waals surface area contributed by atoms with Gasteiger partial charge < -0.3 is 5.73 Å². The van der Waals surface area contributed by atoms with E-state index >= 15 is 0 Å². The third kappa shape index (κ3) is 3.20. The molecule has 1 amide bonds. The fourth-order valence-corrected chi connectivity index (χ4v) is 4.82. The lowest BCUT2D eigenvalue weighted by atomic mass is 9.99. The fourth-order valence-electron chi connectivity index (χ4n) is 3.08. The number of carbonyl (C=O) groups is 1. The summed E-state index contributed by atoms with van der Waals surface area (Å²) in [7, 11) is -3.68. The van der Waals surface area contributed by atoms with Crippen LogP contribution in [-0.4, -0.2) is 31.7 Å². The van der Waals surface area contributed by atoms with Crippen molar-refractivity contribution < 1.29 is 13.2 Å². The molecule has 2 N–H and O–H groups in total. The van der Waals surface area contributed by atoms with Crippen LogP contribution in [-0.2, 0) is 14.8 Å². The van der Waals surface area contributed by atoms with E-state index in [2.05, 4.69) is 0 Å². The Balaban J connectivity index is 2.01. The van der Waals surface area contributed by atoms with Gasteiger partial charge in [-0.2, -0.15) is 4.31 Å². The van der Waals surface area contributed by atoms with Crippen molar-refractivity contribution in [2.45, 2.75) is 17.7 Å². The van der Waals surface area contributed by atoms with Gasteiger partial charge in [0.1, 0.15) is 0 Å². The van der Waals surface area contributed by atoms with E-state index in [1.165, 1.54) is 4.31 Å². The van der Waals surface area contributed by atoms with Gasteiger partial charge >= 0.3 is 0 Å². The number of carbonyl (C=O) groups excluding carboxylic acids is 1. The molecule has 1 aliphatic heterocycles. The molecule has 0 unspecified atom stereocenters. The highest BCUT2D eigenvalue weighted by Gasteiger charge is 2.33. The van der Waals surface area contributed by atoms with Gasteiger partial charge in [-0.1, -0.05) is 48.5 Å². The molecule has 2 aromatic rings. The number of sulfonamides is 1. The van der Waals surface area contributed by atoms with Crippen molar-refractivity contribution in [1.29, 1.82) is 0 Å². The van der Waals surface area contributed by atoms with E-state index in [-0.39, 0.29) is 11.4 Å². The number of amides is 1.